The van der Waals surface area contributed by atoms with Crippen molar-refractivity contribution in [2.75, 3.05) is 10.8 Å². The number of para-hydroxylation sites is 1. The highest BCUT2D eigenvalue weighted by Crippen LogP contribution is 2.32. The second kappa shape index (κ2) is 6.08. The van der Waals surface area contributed by atoms with Gasteiger partial charge in [0.25, 0.3) is 10.0 Å². The van der Waals surface area contributed by atoms with E-state index < -0.39 is 16.0 Å². The van der Waals surface area contributed by atoms with E-state index in [9.17, 15) is 13.2 Å². The van der Waals surface area contributed by atoms with Crippen LogP contribution in [0.3, 0.4) is 0 Å². The highest BCUT2D eigenvalue weighted by molar-refractivity contribution is 7.92. The van der Waals surface area contributed by atoms with Gasteiger partial charge in [-0.25, -0.2) is 13.2 Å². The van der Waals surface area contributed by atoms with Crippen molar-refractivity contribution in [2.45, 2.75) is 24.2 Å². The van der Waals surface area contributed by atoms with E-state index in [4.69, 9.17) is 5.11 Å². The molecule has 3 rings (SSSR count). The molecule has 1 fully saturated rings. The zero-order valence-corrected chi connectivity index (χ0v) is 13.3. The molecule has 0 aliphatic heterocycles. The quantitative estimate of drug-likeness (QED) is 0.850. The number of aromatic carboxylic acids is 1. The third kappa shape index (κ3) is 3.10. The summed E-state index contributed by atoms with van der Waals surface area (Å²) in [6.45, 7) is 0.417. The number of nitrogens with one attached hydrogen (secondary N) is 1. The maximum atomic E-state index is 13.0. The molecule has 1 aliphatic rings. The Morgan fingerprint density at radius 1 is 1.26 bits per heavy atom. The number of carbonyl (C=O) groups is 1. The van der Waals surface area contributed by atoms with Crippen LogP contribution in [0.4, 0.5) is 5.69 Å². The van der Waals surface area contributed by atoms with Crippen LogP contribution in [-0.2, 0) is 10.0 Å². The summed E-state index contributed by atoms with van der Waals surface area (Å²) in [5.41, 5.74) is 0.456. The monoisotopic (exact) mass is 334 g/mol. The second-order valence-corrected chi connectivity index (χ2v) is 7.59. The van der Waals surface area contributed by atoms with Gasteiger partial charge >= 0.3 is 5.97 Å². The molecule has 0 spiro atoms. The first kappa shape index (κ1) is 15.6. The van der Waals surface area contributed by atoms with E-state index in [-0.39, 0.29) is 10.6 Å². The highest BCUT2D eigenvalue weighted by atomic mass is 32.2. The molecule has 1 heterocycles. The largest absolute Gasteiger partial charge is 0.477 e. The summed E-state index contributed by atoms with van der Waals surface area (Å²) in [5.74, 6) is -0.834. The van der Waals surface area contributed by atoms with Crippen LogP contribution >= 0.6 is 0 Å². The molecule has 0 radical (unpaired) electrons. The molecule has 7 heteroatoms. The summed E-state index contributed by atoms with van der Waals surface area (Å²) in [5, 5.41) is 8.97. The minimum absolute atomic E-state index is 0.0296. The lowest BCUT2D eigenvalue weighted by atomic mass is 9.85. The fraction of sp³-hybridized carbons (Fsp3) is 0.312. The van der Waals surface area contributed by atoms with E-state index in [2.05, 4.69) is 4.98 Å². The first-order valence-corrected chi connectivity index (χ1v) is 8.92. The Bertz CT molecular complexity index is 794. The third-order valence-corrected chi connectivity index (χ3v) is 5.94. The van der Waals surface area contributed by atoms with Gasteiger partial charge in [-0.2, -0.15) is 0 Å². The number of hydrogen-bond acceptors (Lipinski definition) is 3. The van der Waals surface area contributed by atoms with Crippen LogP contribution in [0, 0.1) is 5.92 Å². The van der Waals surface area contributed by atoms with E-state index in [1.54, 1.807) is 24.3 Å². The molecule has 0 unspecified atom stereocenters. The average molecular weight is 334 g/mol. The lowest BCUT2D eigenvalue weighted by molar-refractivity contribution is 0.0691. The summed E-state index contributed by atoms with van der Waals surface area (Å²) in [7, 11) is -3.80. The standard InChI is InChI=1S/C16H18N2O4S/c19-16(20)15-9-14(10-17-15)23(21,22)18(11-12-5-4-6-12)13-7-2-1-3-8-13/h1-3,7-10,12,17H,4-6,11H2,(H,19,20). The maximum absolute atomic E-state index is 13.0. The Labute approximate surface area is 134 Å². The van der Waals surface area contributed by atoms with E-state index >= 15 is 0 Å². The number of aromatic nitrogens is 1. The van der Waals surface area contributed by atoms with Gasteiger partial charge in [-0.3, -0.25) is 4.31 Å². The number of carboxylic acid groups (broad SMARTS) is 1. The van der Waals surface area contributed by atoms with Gasteiger partial charge < -0.3 is 10.1 Å². The Balaban J connectivity index is 1.97. The summed E-state index contributed by atoms with van der Waals surface area (Å²) in [4.78, 5) is 13.4. The Morgan fingerprint density at radius 3 is 2.48 bits per heavy atom. The van der Waals surface area contributed by atoms with Crippen molar-refractivity contribution in [3.63, 3.8) is 0 Å². The summed E-state index contributed by atoms with van der Waals surface area (Å²) in [6.07, 6.45) is 4.40. The smallest absolute Gasteiger partial charge is 0.352 e. The Morgan fingerprint density at radius 2 is 1.96 bits per heavy atom. The number of H-pyrrole nitrogens is 1. The topological polar surface area (TPSA) is 90.5 Å². The Hall–Kier alpha value is -2.28. The van der Waals surface area contributed by atoms with Crippen LogP contribution in [0.5, 0.6) is 0 Å². The summed E-state index contributed by atoms with van der Waals surface area (Å²) < 4.78 is 27.3. The number of rotatable bonds is 6. The van der Waals surface area contributed by atoms with Crippen molar-refractivity contribution in [2.24, 2.45) is 5.92 Å². The normalized spacial score (nSPS) is 15.1. The zero-order valence-electron chi connectivity index (χ0n) is 12.5. The second-order valence-electron chi connectivity index (χ2n) is 5.72. The first-order valence-electron chi connectivity index (χ1n) is 7.48. The number of carboxylic acids is 1. The lowest BCUT2D eigenvalue weighted by Crippen LogP contribution is -2.37. The Kier molecular flexibility index (Phi) is 4.12. The molecule has 1 aromatic carbocycles. The van der Waals surface area contributed by atoms with Crippen molar-refractivity contribution in [3.8, 4) is 0 Å². The fourth-order valence-electron chi connectivity index (χ4n) is 2.62. The van der Waals surface area contributed by atoms with Crippen molar-refractivity contribution in [1.82, 2.24) is 4.98 Å². The van der Waals surface area contributed by atoms with Crippen LogP contribution in [-0.4, -0.2) is 31.0 Å². The van der Waals surface area contributed by atoms with Crippen LogP contribution in [0.2, 0.25) is 0 Å². The van der Waals surface area contributed by atoms with Crippen LogP contribution in [0.15, 0.2) is 47.5 Å². The molecule has 0 atom stereocenters. The van der Waals surface area contributed by atoms with Crippen molar-refractivity contribution < 1.29 is 18.3 Å². The summed E-state index contributed by atoms with van der Waals surface area (Å²) in [6, 6.07) is 10.1. The van der Waals surface area contributed by atoms with Gasteiger partial charge in [-0.05, 0) is 37.0 Å². The zero-order chi connectivity index (χ0) is 16.4. The molecular formula is C16H18N2O4S. The van der Waals surface area contributed by atoms with Crippen LogP contribution in [0.1, 0.15) is 29.8 Å². The van der Waals surface area contributed by atoms with E-state index in [0.29, 0.717) is 18.2 Å². The van der Waals surface area contributed by atoms with E-state index in [1.807, 2.05) is 6.07 Å². The molecule has 2 aromatic rings. The van der Waals surface area contributed by atoms with Gasteiger partial charge in [-0.1, -0.05) is 24.6 Å². The van der Waals surface area contributed by atoms with Gasteiger partial charge in [0.15, 0.2) is 0 Å². The molecule has 6 nitrogen and oxygen atoms in total. The van der Waals surface area contributed by atoms with Gasteiger partial charge in [0.1, 0.15) is 10.6 Å². The van der Waals surface area contributed by atoms with Gasteiger partial charge in [-0.15, -0.1) is 0 Å². The summed E-state index contributed by atoms with van der Waals surface area (Å²) >= 11 is 0. The molecule has 1 aromatic heterocycles. The average Bonchev–Trinajstić information content (AvgIpc) is 2.97. The van der Waals surface area contributed by atoms with Gasteiger partial charge in [0, 0.05) is 12.7 Å². The molecule has 0 bridgehead atoms. The predicted molar refractivity (Wildman–Crippen MR) is 86.1 cm³/mol. The van der Waals surface area contributed by atoms with Gasteiger partial charge in [0.2, 0.25) is 0 Å². The van der Waals surface area contributed by atoms with Crippen LogP contribution in [0.25, 0.3) is 0 Å². The molecule has 1 aliphatic carbocycles. The van der Waals surface area contributed by atoms with Crippen molar-refractivity contribution in [1.29, 1.82) is 0 Å². The number of hydrogen-bond donors (Lipinski definition) is 2. The molecule has 0 saturated heterocycles. The molecule has 2 N–H and O–H groups in total. The molecule has 23 heavy (non-hydrogen) atoms. The predicted octanol–water partition coefficient (Wildman–Crippen LogP) is 2.71. The molecular weight excluding hydrogens is 316 g/mol. The number of sulfonamides is 1. The van der Waals surface area contributed by atoms with Crippen molar-refractivity contribution in [3.05, 3.63) is 48.3 Å². The van der Waals surface area contributed by atoms with E-state index in [1.165, 1.54) is 10.5 Å². The van der Waals surface area contributed by atoms with Gasteiger partial charge in [0.05, 0.1) is 5.69 Å². The van der Waals surface area contributed by atoms with Crippen LogP contribution < -0.4 is 4.31 Å². The number of aromatic amines is 1. The number of nitrogens with zero attached hydrogens (tertiary/aromatic N) is 1. The number of anilines is 1. The third-order valence-electron chi connectivity index (χ3n) is 4.17. The molecule has 0 amide bonds. The molecule has 122 valence electrons. The first-order chi connectivity index (χ1) is 11.0. The molecule has 1 saturated carbocycles. The number of benzene rings is 1. The SMILES string of the molecule is O=C(O)c1cc(S(=O)(=O)N(CC2CCC2)c2ccccc2)c[nH]1. The minimum Gasteiger partial charge on any atom is -0.477 e. The van der Waals surface area contributed by atoms with E-state index in [0.717, 1.165) is 25.3 Å². The minimum atomic E-state index is -3.80. The fourth-order valence-corrected chi connectivity index (χ4v) is 4.16. The highest BCUT2D eigenvalue weighted by Gasteiger charge is 2.31. The maximum Gasteiger partial charge on any atom is 0.352 e. The van der Waals surface area contributed by atoms with Crippen molar-refractivity contribution >= 4 is 21.7 Å². The lowest BCUT2D eigenvalue weighted by Gasteiger charge is -2.32.